The predicted molar refractivity (Wildman–Crippen MR) is 70.9 cm³/mol. The first-order valence-electron chi connectivity index (χ1n) is 7.40. The Labute approximate surface area is 114 Å². The minimum Gasteiger partial charge on any atom is -0.274 e. The molecular formula is C15H22N2O2. The predicted octanol–water partition coefficient (Wildman–Crippen LogP) is 2.78. The highest BCUT2D eigenvalue weighted by molar-refractivity contribution is 5.97. The van der Waals surface area contributed by atoms with E-state index < -0.39 is 5.54 Å². The van der Waals surface area contributed by atoms with Crippen molar-refractivity contribution in [3.8, 4) is 6.07 Å². The van der Waals surface area contributed by atoms with E-state index in [0.717, 1.165) is 32.1 Å². The summed E-state index contributed by atoms with van der Waals surface area (Å²) < 4.78 is 0. The van der Waals surface area contributed by atoms with Crippen molar-refractivity contribution in [3.63, 3.8) is 0 Å². The van der Waals surface area contributed by atoms with Crippen LogP contribution in [0.5, 0.6) is 0 Å². The lowest BCUT2D eigenvalue weighted by atomic mass is 9.75. The average Bonchev–Trinajstić information content (AvgIpc) is 2.60. The smallest absolute Gasteiger partial charge is 0.230 e. The summed E-state index contributed by atoms with van der Waals surface area (Å²) >= 11 is 0. The van der Waals surface area contributed by atoms with Crippen molar-refractivity contribution in [1.29, 1.82) is 5.26 Å². The van der Waals surface area contributed by atoms with Crippen LogP contribution in [0.4, 0.5) is 0 Å². The second-order valence-electron chi connectivity index (χ2n) is 5.83. The third-order valence-electron chi connectivity index (χ3n) is 4.68. The minimum absolute atomic E-state index is 0.140. The summed E-state index contributed by atoms with van der Waals surface area (Å²) in [5.41, 5.74) is -0.857. The molecule has 2 aliphatic rings. The van der Waals surface area contributed by atoms with Gasteiger partial charge in [0.2, 0.25) is 11.8 Å². The zero-order valence-electron chi connectivity index (χ0n) is 11.7. The molecule has 2 fully saturated rings. The Bertz CT molecular complexity index is 385. The Balaban J connectivity index is 2.22. The summed E-state index contributed by atoms with van der Waals surface area (Å²) in [6, 6.07) is 2.30. The van der Waals surface area contributed by atoms with Gasteiger partial charge in [-0.2, -0.15) is 5.26 Å². The van der Waals surface area contributed by atoms with Gasteiger partial charge in [-0.1, -0.05) is 13.3 Å². The second-order valence-corrected chi connectivity index (χ2v) is 5.83. The molecule has 1 heterocycles. The minimum atomic E-state index is -0.857. The number of nitriles is 1. The van der Waals surface area contributed by atoms with Gasteiger partial charge in [-0.15, -0.1) is 0 Å². The van der Waals surface area contributed by atoms with E-state index in [1.54, 1.807) is 0 Å². The average molecular weight is 262 g/mol. The van der Waals surface area contributed by atoms with Crippen LogP contribution in [0.1, 0.15) is 64.7 Å². The van der Waals surface area contributed by atoms with Crippen LogP contribution in [0.3, 0.4) is 0 Å². The Morgan fingerprint density at radius 2 is 1.74 bits per heavy atom. The van der Waals surface area contributed by atoms with Gasteiger partial charge in [0.15, 0.2) is 0 Å². The quantitative estimate of drug-likeness (QED) is 0.719. The molecule has 0 bridgehead atoms. The summed E-state index contributed by atoms with van der Waals surface area (Å²) in [5, 5.41) is 9.58. The fourth-order valence-corrected chi connectivity index (χ4v) is 3.34. The van der Waals surface area contributed by atoms with Crippen molar-refractivity contribution in [3.05, 3.63) is 0 Å². The van der Waals surface area contributed by atoms with Gasteiger partial charge < -0.3 is 0 Å². The molecule has 0 unspecified atom stereocenters. The summed E-state index contributed by atoms with van der Waals surface area (Å²) in [6.45, 7) is 2.16. The zero-order chi connectivity index (χ0) is 13.9. The number of hydrogen-bond donors (Lipinski definition) is 0. The summed E-state index contributed by atoms with van der Waals surface area (Å²) in [6.07, 6.45) is 6.66. The Kier molecular flexibility index (Phi) is 4.24. The topological polar surface area (TPSA) is 61.2 Å². The monoisotopic (exact) mass is 262 g/mol. The van der Waals surface area contributed by atoms with Crippen molar-refractivity contribution < 1.29 is 9.59 Å². The maximum atomic E-state index is 12.2. The normalized spacial score (nSPS) is 32.8. The van der Waals surface area contributed by atoms with Crippen LogP contribution in [0.2, 0.25) is 0 Å². The third-order valence-corrected chi connectivity index (χ3v) is 4.68. The highest BCUT2D eigenvalue weighted by Crippen LogP contribution is 2.39. The summed E-state index contributed by atoms with van der Waals surface area (Å²) in [4.78, 5) is 25.7. The lowest BCUT2D eigenvalue weighted by Crippen LogP contribution is -2.55. The van der Waals surface area contributed by atoms with E-state index in [0.29, 0.717) is 31.6 Å². The molecule has 1 aliphatic heterocycles. The number of amides is 2. The van der Waals surface area contributed by atoms with E-state index in [9.17, 15) is 14.9 Å². The molecule has 0 atom stereocenters. The van der Waals surface area contributed by atoms with Gasteiger partial charge in [0.05, 0.1) is 6.07 Å². The van der Waals surface area contributed by atoms with Gasteiger partial charge in [-0.05, 0) is 44.4 Å². The molecule has 0 spiro atoms. The van der Waals surface area contributed by atoms with Crippen molar-refractivity contribution >= 4 is 11.8 Å². The standard InChI is InChI=1S/C15H22N2O2/c1-2-12-7-9-15(11-16,10-8-12)17-13(18)5-3-4-6-14(17)19/h12H,2-10H2,1H3. The summed E-state index contributed by atoms with van der Waals surface area (Å²) in [7, 11) is 0. The Morgan fingerprint density at radius 1 is 1.21 bits per heavy atom. The number of carbonyl (C=O) groups is 2. The number of likely N-dealkylation sites (tertiary alicyclic amines) is 1. The van der Waals surface area contributed by atoms with Crippen LogP contribution in [0, 0.1) is 17.2 Å². The first kappa shape index (κ1) is 14.0. The highest BCUT2D eigenvalue weighted by Gasteiger charge is 2.46. The molecule has 0 aromatic carbocycles. The van der Waals surface area contributed by atoms with Crippen molar-refractivity contribution in [1.82, 2.24) is 4.90 Å². The maximum Gasteiger partial charge on any atom is 0.230 e. The highest BCUT2D eigenvalue weighted by atomic mass is 16.2. The van der Waals surface area contributed by atoms with Gasteiger partial charge in [0.1, 0.15) is 5.54 Å². The molecule has 4 nitrogen and oxygen atoms in total. The molecule has 0 aromatic heterocycles. The third kappa shape index (κ3) is 2.65. The van der Waals surface area contributed by atoms with Crippen molar-refractivity contribution in [2.24, 2.45) is 5.92 Å². The molecule has 0 radical (unpaired) electrons. The molecule has 19 heavy (non-hydrogen) atoms. The van der Waals surface area contributed by atoms with E-state index in [1.807, 2.05) is 0 Å². The van der Waals surface area contributed by atoms with Crippen LogP contribution < -0.4 is 0 Å². The molecule has 4 heteroatoms. The van der Waals surface area contributed by atoms with E-state index in [-0.39, 0.29) is 11.8 Å². The second kappa shape index (κ2) is 5.73. The lowest BCUT2D eigenvalue weighted by Gasteiger charge is -2.41. The SMILES string of the molecule is CCC1CCC(C#N)(N2C(=O)CCCCC2=O)CC1. The number of nitrogens with zero attached hydrogens (tertiary/aromatic N) is 2. The Morgan fingerprint density at radius 3 is 2.16 bits per heavy atom. The van der Waals surface area contributed by atoms with E-state index in [4.69, 9.17) is 0 Å². The van der Waals surface area contributed by atoms with Crippen molar-refractivity contribution in [2.75, 3.05) is 0 Å². The zero-order valence-corrected chi connectivity index (χ0v) is 11.7. The summed E-state index contributed by atoms with van der Waals surface area (Å²) in [5.74, 6) is 0.358. The number of carbonyl (C=O) groups excluding carboxylic acids is 2. The van der Waals surface area contributed by atoms with E-state index >= 15 is 0 Å². The van der Waals surface area contributed by atoms with Crippen LogP contribution in [-0.4, -0.2) is 22.3 Å². The maximum absolute atomic E-state index is 12.2. The van der Waals surface area contributed by atoms with Gasteiger partial charge in [0, 0.05) is 12.8 Å². The van der Waals surface area contributed by atoms with Crippen molar-refractivity contribution in [2.45, 2.75) is 70.3 Å². The molecular weight excluding hydrogens is 240 g/mol. The van der Waals surface area contributed by atoms with Crippen LogP contribution in [0.25, 0.3) is 0 Å². The molecule has 0 N–H and O–H groups in total. The van der Waals surface area contributed by atoms with Gasteiger partial charge in [0.25, 0.3) is 0 Å². The van der Waals surface area contributed by atoms with E-state index in [2.05, 4.69) is 13.0 Å². The number of rotatable bonds is 2. The molecule has 1 saturated carbocycles. The molecule has 104 valence electrons. The molecule has 1 saturated heterocycles. The number of hydrogen-bond acceptors (Lipinski definition) is 3. The van der Waals surface area contributed by atoms with Crippen LogP contribution >= 0.6 is 0 Å². The van der Waals surface area contributed by atoms with Gasteiger partial charge in [-0.3, -0.25) is 14.5 Å². The molecule has 0 aromatic rings. The fourth-order valence-electron chi connectivity index (χ4n) is 3.34. The molecule has 2 rings (SSSR count). The van der Waals surface area contributed by atoms with Crippen LogP contribution in [-0.2, 0) is 9.59 Å². The fraction of sp³-hybridized carbons (Fsp3) is 0.800. The largest absolute Gasteiger partial charge is 0.274 e. The van der Waals surface area contributed by atoms with Gasteiger partial charge >= 0.3 is 0 Å². The first-order chi connectivity index (χ1) is 9.13. The van der Waals surface area contributed by atoms with Crippen LogP contribution in [0.15, 0.2) is 0 Å². The lowest BCUT2D eigenvalue weighted by molar-refractivity contribution is -0.150. The Hall–Kier alpha value is -1.37. The molecule has 1 aliphatic carbocycles. The number of imide groups is 1. The first-order valence-corrected chi connectivity index (χ1v) is 7.40. The molecule has 2 amide bonds. The van der Waals surface area contributed by atoms with Gasteiger partial charge in [-0.25, -0.2) is 0 Å². The van der Waals surface area contributed by atoms with E-state index in [1.165, 1.54) is 4.90 Å².